The molecule has 12 heteroatoms. The Bertz CT molecular complexity index is 732. The number of aliphatic hydroxyl groups excluding tert-OH is 5. The summed E-state index contributed by atoms with van der Waals surface area (Å²) in [4.78, 5) is 0. The predicted molar refractivity (Wildman–Crippen MR) is 99.8 cm³/mol. The lowest BCUT2D eigenvalue weighted by atomic mass is 9.98. The molecule has 0 bridgehead atoms. The number of hydrogen-bond donors (Lipinski definition) is 8. The van der Waals surface area contributed by atoms with Gasteiger partial charge in [0.1, 0.15) is 36.1 Å². The molecule has 12 nitrogen and oxygen atoms in total. The smallest absolute Gasteiger partial charge is 0.187 e. The maximum absolute atomic E-state index is 10.5. The maximum atomic E-state index is 10.5. The minimum atomic E-state index is -1.95. The summed E-state index contributed by atoms with van der Waals surface area (Å²) in [6.07, 6.45) is -9.76. The summed E-state index contributed by atoms with van der Waals surface area (Å²) in [5, 5.41) is 78.5. The molecule has 0 unspecified atom stereocenters. The van der Waals surface area contributed by atoms with Crippen LogP contribution in [0, 0.1) is 0 Å². The Morgan fingerprint density at radius 3 is 2.39 bits per heavy atom. The molecule has 1 aromatic carbocycles. The Balaban J connectivity index is 1.67. The molecule has 2 fully saturated rings. The van der Waals surface area contributed by atoms with Gasteiger partial charge in [0.15, 0.2) is 24.1 Å². The van der Waals surface area contributed by atoms with Gasteiger partial charge in [-0.1, -0.05) is 6.07 Å². The van der Waals surface area contributed by atoms with E-state index >= 15 is 0 Å². The highest BCUT2D eigenvalue weighted by Gasteiger charge is 2.53. The van der Waals surface area contributed by atoms with E-state index in [9.17, 15) is 40.9 Å². The molecule has 0 amide bonds. The van der Waals surface area contributed by atoms with Crippen molar-refractivity contribution in [1.82, 2.24) is 0 Å². The molecule has 2 heterocycles. The Labute approximate surface area is 177 Å². The zero-order valence-corrected chi connectivity index (χ0v) is 16.5. The van der Waals surface area contributed by atoms with Crippen molar-refractivity contribution in [2.24, 2.45) is 0 Å². The number of rotatable bonds is 8. The highest BCUT2D eigenvalue weighted by atomic mass is 16.8. The highest BCUT2D eigenvalue weighted by Crippen LogP contribution is 2.31. The van der Waals surface area contributed by atoms with Crippen molar-refractivity contribution in [3.63, 3.8) is 0 Å². The number of aliphatic hydroxyl groups is 6. The molecule has 1 aromatic rings. The Hall–Kier alpha value is -1.58. The molecule has 3 rings (SSSR count). The first kappa shape index (κ1) is 24.1. The molecule has 0 spiro atoms. The first-order valence-electron chi connectivity index (χ1n) is 9.73. The van der Waals surface area contributed by atoms with E-state index in [0.717, 1.165) is 0 Å². The quantitative estimate of drug-likeness (QED) is 0.187. The molecule has 0 radical (unpaired) electrons. The average molecular weight is 448 g/mol. The van der Waals surface area contributed by atoms with Crippen molar-refractivity contribution in [1.29, 1.82) is 0 Å². The van der Waals surface area contributed by atoms with Gasteiger partial charge in [0.25, 0.3) is 0 Å². The van der Waals surface area contributed by atoms with Crippen LogP contribution < -0.4 is 0 Å². The molecule has 0 aliphatic carbocycles. The van der Waals surface area contributed by atoms with E-state index in [0.29, 0.717) is 5.56 Å². The van der Waals surface area contributed by atoms with Crippen molar-refractivity contribution in [3.05, 3.63) is 23.8 Å². The maximum Gasteiger partial charge on any atom is 0.187 e. The molecule has 31 heavy (non-hydrogen) atoms. The van der Waals surface area contributed by atoms with Crippen molar-refractivity contribution in [2.75, 3.05) is 26.4 Å². The fourth-order valence-corrected chi connectivity index (χ4v) is 3.42. The van der Waals surface area contributed by atoms with Crippen molar-refractivity contribution >= 4 is 0 Å². The molecule has 2 aliphatic rings. The van der Waals surface area contributed by atoms with E-state index in [2.05, 4.69) is 0 Å². The Morgan fingerprint density at radius 2 is 1.77 bits per heavy atom. The van der Waals surface area contributed by atoms with Crippen LogP contribution in [0.5, 0.6) is 11.5 Å². The lowest BCUT2D eigenvalue weighted by Crippen LogP contribution is -2.61. The predicted octanol–water partition coefficient (Wildman–Crippen LogP) is -3.08. The zero-order chi connectivity index (χ0) is 22.8. The van der Waals surface area contributed by atoms with Crippen molar-refractivity contribution in [3.8, 4) is 11.5 Å². The van der Waals surface area contributed by atoms with E-state index in [1.165, 1.54) is 12.1 Å². The molecule has 176 valence electrons. The third-order valence-corrected chi connectivity index (χ3v) is 5.41. The summed E-state index contributed by atoms with van der Waals surface area (Å²) in [5.41, 5.74) is -1.32. The van der Waals surface area contributed by atoms with Gasteiger partial charge in [-0.3, -0.25) is 0 Å². The topological polar surface area (TPSA) is 199 Å². The van der Waals surface area contributed by atoms with Crippen LogP contribution in [0.4, 0.5) is 0 Å². The van der Waals surface area contributed by atoms with E-state index in [1.807, 2.05) is 0 Å². The normalized spacial score (nSPS) is 38.5. The minimum absolute atomic E-state index is 0.00433. The number of phenolic OH excluding ortho intramolecular Hbond substituents is 2. The van der Waals surface area contributed by atoms with E-state index < -0.39 is 68.5 Å². The van der Waals surface area contributed by atoms with Gasteiger partial charge < -0.3 is 59.8 Å². The summed E-state index contributed by atoms with van der Waals surface area (Å²) >= 11 is 0. The monoisotopic (exact) mass is 448 g/mol. The van der Waals surface area contributed by atoms with Gasteiger partial charge in [-0.05, 0) is 24.1 Å². The summed E-state index contributed by atoms with van der Waals surface area (Å²) < 4.78 is 21.8. The molecule has 2 aliphatic heterocycles. The fraction of sp³-hybridized carbons (Fsp3) is 0.684. The summed E-state index contributed by atoms with van der Waals surface area (Å²) in [5.74, 6) is -0.565. The van der Waals surface area contributed by atoms with Gasteiger partial charge in [0, 0.05) is 0 Å². The lowest BCUT2D eigenvalue weighted by molar-refractivity contribution is -0.335. The SMILES string of the molecule is OC[C@H]1O[C@@H](OCCc2ccc(O)c(O)c2)[C@H](O[C@@H]2OC[C@](O)(CO)[C@H]2O)[C@@H](O)[C@@H]1O. The van der Waals surface area contributed by atoms with Crippen LogP contribution in [0.1, 0.15) is 5.56 Å². The van der Waals surface area contributed by atoms with Crippen LogP contribution >= 0.6 is 0 Å². The lowest BCUT2D eigenvalue weighted by Gasteiger charge is -2.42. The third kappa shape index (κ3) is 5.09. The molecule has 0 saturated carbocycles. The first-order valence-corrected chi connectivity index (χ1v) is 9.73. The zero-order valence-electron chi connectivity index (χ0n) is 16.5. The van der Waals surface area contributed by atoms with Gasteiger partial charge in [0.05, 0.1) is 26.4 Å². The average Bonchev–Trinajstić information content (AvgIpc) is 3.04. The van der Waals surface area contributed by atoms with Crippen molar-refractivity contribution in [2.45, 2.75) is 55.1 Å². The van der Waals surface area contributed by atoms with Gasteiger partial charge in [-0.25, -0.2) is 0 Å². The second-order valence-electron chi connectivity index (χ2n) is 7.64. The van der Waals surface area contributed by atoms with E-state index in [1.54, 1.807) is 6.07 Å². The largest absolute Gasteiger partial charge is 0.504 e. The summed E-state index contributed by atoms with van der Waals surface area (Å²) in [7, 11) is 0. The van der Waals surface area contributed by atoms with Crippen LogP contribution in [0.3, 0.4) is 0 Å². The van der Waals surface area contributed by atoms with Crippen LogP contribution in [0.25, 0.3) is 0 Å². The molecular formula is C19H28O12. The van der Waals surface area contributed by atoms with Crippen molar-refractivity contribution < 1.29 is 59.8 Å². The number of aromatic hydroxyl groups is 2. The fourth-order valence-electron chi connectivity index (χ4n) is 3.42. The number of ether oxygens (including phenoxy) is 4. The van der Waals surface area contributed by atoms with E-state index in [4.69, 9.17) is 18.9 Å². The molecule has 8 atom stereocenters. The third-order valence-electron chi connectivity index (χ3n) is 5.41. The molecule has 2 saturated heterocycles. The number of phenols is 2. The standard InChI is InChI=1S/C19H28O12/c20-6-12-13(24)14(25)15(31-18-16(26)19(27,7-21)8-29-18)17(30-12)28-4-3-9-1-2-10(22)11(23)5-9/h1-2,5,12-18,20-27H,3-4,6-8H2/t12-,13-,14+,15-,16+,17-,18+,19-/m1/s1. The van der Waals surface area contributed by atoms with Crippen LogP contribution in [-0.4, -0.2) is 116 Å². The second-order valence-corrected chi connectivity index (χ2v) is 7.64. The Kier molecular flexibility index (Phi) is 7.70. The molecule has 8 N–H and O–H groups in total. The van der Waals surface area contributed by atoms with Gasteiger partial charge in [0.2, 0.25) is 0 Å². The van der Waals surface area contributed by atoms with Crippen LogP contribution in [0.2, 0.25) is 0 Å². The van der Waals surface area contributed by atoms with E-state index in [-0.39, 0.29) is 24.5 Å². The molecule has 0 aromatic heterocycles. The summed E-state index contributed by atoms with van der Waals surface area (Å²) in [6.45, 7) is -1.81. The summed E-state index contributed by atoms with van der Waals surface area (Å²) in [6, 6.07) is 4.24. The number of benzene rings is 1. The van der Waals surface area contributed by atoms with Gasteiger partial charge in [-0.2, -0.15) is 0 Å². The minimum Gasteiger partial charge on any atom is -0.504 e. The van der Waals surface area contributed by atoms with Gasteiger partial charge in [-0.15, -0.1) is 0 Å². The molecular weight excluding hydrogens is 420 g/mol. The first-order chi connectivity index (χ1) is 14.7. The number of hydrogen-bond acceptors (Lipinski definition) is 12. The Morgan fingerprint density at radius 1 is 1.03 bits per heavy atom. The van der Waals surface area contributed by atoms with Crippen LogP contribution in [-0.2, 0) is 25.4 Å². The highest BCUT2D eigenvalue weighted by molar-refractivity contribution is 5.40. The van der Waals surface area contributed by atoms with Crippen LogP contribution in [0.15, 0.2) is 18.2 Å². The van der Waals surface area contributed by atoms with Gasteiger partial charge >= 0.3 is 0 Å². The second kappa shape index (κ2) is 9.92.